The van der Waals surface area contributed by atoms with Gasteiger partial charge in [-0.1, -0.05) is 20.8 Å². The number of ether oxygens (including phenoxy) is 1. The van der Waals surface area contributed by atoms with Crippen molar-refractivity contribution in [3.8, 4) is 0 Å². The summed E-state index contributed by atoms with van der Waals surface area (Å²) in [6.45, 7) is 15.6. The first-order chi connectivity index (χ1) is 8.24. The van der Waals surface area contributed by atoms with Gasteiger partial charge in [0.25, 0.3) is 0 Å². The minimum atomic E-state index is -0.0845. The first-order valence-electron chi connectivity index (χ1n) is 6.68. The standard InChI is InChI=1S/C15H27NOS/c1-7-17-15(5,6)11-16-10-12-8-9-13(18-12)14(2,3)4/h8-9,16H,7,10-11H2,1-6H3. The molecule has 0 aliphatic rings. The Kier molecular flexibility index (Phi) is 5.38. The molecule has 2 nitrogen and oxygen atoms in total. The number of rotatable bonds is 6. The lowest BCUT2D eigenvalue weighted by Crippen LogP contribution is -2.37. The Hall–Kier alpha value is -0.380. The number of thiophene rings is 1. The van der Waals surface area contributed by atoms with Crippen molar-refractivity contribution in [2.75, 3.05) is 13.2 Å². The van der Waals surface area contributed by atoms with Gasteiger partial charge in [-0.15, -0.1) is 11.3 Å². The predicted molar refractivity (Wildman–Crippen MR) is 80.4 cm³/mol. The van der Waals surface area contributed by atoms with Gasteiger partial charge in [-0.3, -0.25) is 0 Å². The molecule has 3 heteroatoms. The summed E-state index contributed by atoms with van der Waals surface area (Å²) in [6, 6.07) is 4.47. The van der Waals surface area contributed by atoms with Crippen molar-refractivity contribution >= 4 is 11.3 Å². The van der Waals surface area contributed by atoms with Gasteiger partial charge in [0.1, 0.15) is 0 Å². The van der Waals surface area contributed by atoms with E-state index in [0.29, 0.717) is 0 Å². The van der Waals surface area contributed by atoms with E-state index >= 15 is 0 Å². The van der Waals surface area contributed by atoms with Gasteiger partial charge >= 0.3 is 0 Å². The molecule has 0 aliphatic carbocycles. The molecule has 0 saturated carbocycles. The van der Waals surface area contributed by atoms with Crippen LogP contribution in [0.2, 0.25) is 0 Å². The van der Waals surface area contributed by atoms with Gasteiger partial charge in [0, 0.05) is 29.5 Å². The largest absolute Gasteiger partial charge is 0.375 e. The Morgan fingerprint density at radius 2 is 1.83 bits per heavy atom. The monoisotopic (exact) mass is 269 g/mol. The molecule has 0 aliphatic heterocycles. The summed E-state index contributed by atoms with van der Waals surface area (Å²) in [5, 5.41) is 3.48. The maximum absolute atomic E-state index is 5.67. The highest BCUT2D eigenvalue weighted by molar-refractivity contribution is 7.12. The van der Waals surface area contributed by atoms with Crippen LogP contribution in [0.1, 0.15) is 51.3 Å². The third-order valence-corrected chi connectivity index (χ3v) is 4.30. The van der Waals surface area contributed by atoms with Gasteiger partial charge in [-0.2, -0.15) is 0 Å². The summed E-state index contributed by atoms with van der Waals surface area (Å²) in [7, 11) is 0. The van der Waals surface area contributed by atoms with E-state index in [2.05, 4.69) is 52.1 Å². The quantitative estimate of drug-likeness (QED) is 0.844. The zero-order valence-electron chi connectivity index (χ0n) is 12.6. The fourth-order valence-corrected chi connectivity index (χ4v) is 2.84. The van der Waals surface area contributed by atoms with Gasteiger partial charge in [0.15, 0.2) is 0 Å². The highest BCUT2D eigenvalue weighted by atomic mass is 32.1. The summed E-state index contributed by atoms with van der Waals surface area (Å²) in [6.07, 6.45) is 0. The molecule has 0 amide bonds. The van der Waals surface area contributed by atoms with Gasteiger partial charge in [-0.05, 0) is 38.3 Å². The van der Waals surface area contributed by atoms with Gasteiger partial charge in [-0.25, -0.2) is 0 Å². The minimum absolute atomic E-state index is 0.0845. The Balaban J connectivity index is 2.43. The van der Waals surface area contributed by atoms with Crippen LogP contribution in [0.25, 0.3) is 0 Å². The van der Waals surface area contributed by atoms with Crippen LogP contribution in [-0.2, 0) is 16.7 Å². The molecule has 1 heterocycles. The Bertz CT molecular complexity index is 363. The third kappa shape index (κ3) is 5.09. The SMILES string of the molecule is CCOC(C)(C)CNCc1ccc(C(C)(C)C)s1. The summed E-state index contributed by atoms with van der Waals surface area (Å²) in [5.41, 5.74) is 0.173. The Labute approximate surface area is 116 Å². The molecule has 0 bridgehead atoms. The van der Waals surface area contributed by atoms with E-state index in [1.165, 1.54) is 9.75 Å². The minimum Gasteiger partial charge on any atom is -0.375 e. The highest BCUT2D eigenvalue weighted by Crippen LogP contribution is 2.29. The molecule has 1 aromatic rings. The number of hydrogen-bond donors (Lipinski definition) is 1. The summed E-state index contributed by atoms with van der Waals surface area (Å²) in [4.78, 5) is 2.84. The zero-order chi connectivity index (χ0) is 13.8. The topological polar surface area (TPSA) is 21.3 Å². The lowest BCUT2D eigenvalue weighted by Gasteiger charge is -2.24. The van der Waals surface area contributed by atoms with Crippen LogP contribution in [0, 0.1) is 0 Å². The average molecular weight is 269 g/mol. The average Bonchev–Trinajstić information content (AvgIpc) is 2.65. The third-order valence-electron chi connectivity index (χ3n) is 2.79. The fourth-order valence-electron chi connectivity index (χ4n) is 1.80. The van der Waals surface area contributed by atoms with E-state index in [1.807, 2.05) is 18.3 Å². The number of nitrogens with one attached hydrogen (secondary N) is 1. The van der Waals surface area contributed by atoms with Crippen molar-refractivity contribution in [2.45, 2.75) is 59.1 Å². The molecule has 0 unspecified atom stereocenters. The molecule has 1 N–H and O–H groups in total. The summed E-state index contributed by atoms with van der Waals surface area (Å²) < 4.78 is 5.67. The Morgan fingerprint density at radius 3 is 2.33 bits per heavy atom. The lowest BCUT2D eigenvalue weighted by molar-refractivity contribution is -0.00893. The van der Waals surface area contributed by atoms with Crippen molar-refractivity contribution in [2.24, 2.45) is 0 Å². The lowest BCUT2D eigenvalue weighted by atomic mass is 9.95. The zero-order valence-corrected chi connectivity index (χ0v) is 13.4. The molecular weight excluding hydrogens is 242 g/mol. The van der Waals surface area contributed by atoms with Crippen molar-refractivity contribution in [1.29, 1.82) is 0 Å². The van der Waals surface area contributed by atoms with Crippen LogP contribution in [0.15, 0.2) is 12.1 Å². The second kappa shape index (κ2) is 6.18. The van der Waals surface area contributed by atoms with E-state index in [1.54, 1.807) is 0 Å². The van der Waals surface area contributed by atoms with Crippen molar-refractivity contribution in [1.82, 2.24) is 5.32 Å². The van der Waals surface area contributed by atoms with E-state index in [-0.39, 0.29) is 11.0 Å². The van der Waals surface area contributed by atoms with E-state index in [4.69, 9.17) is 4.74 Å². The molecule has 0 spiro atoms. The predicted octanol–water partition coefficient (Wildman–Crippen LogP) is 3.95. The van der Waals surface area contributed by atoms with Crippen LogP contribution in [0.5, 0.6) is 0 Å². The second-order valence-electron chi connectivity index (χ2n) is 6.31. The van der Waals surface area contributed by atoms with Gasteiger partial charge in [0.05, 0.1) is 5.60 Å². The summed E-state index contributed by atoms with van der Waals surface area (Å²) >= 11 is 1.90. The maximum Gasteiger partial charge on any atom is 0.0750 e. The van der Waals surface area contributed by atoms with Crippen LogP contribution in [0.3, 0.4) is 0 Å². The normalized spacial score (nSPS) is 13.0. The van der Waals surface area contributed by atoms with Crippen LogP contribution in [-0.4, -0.2) is 18.8 Å². The molecule has 18 heavy (non-hydrogen) atoms. The maximum atomic E-state index is 5.67. The number of hydrogen-bond acceptors (Lipinski definition) is 3. The summed E-state index contributed by atoms with van der Waals surface area (Å²) in [5.74, 6) is 0. The fraction of sp³-hybridized carbons (Fsp3) is 0.733. The van der Waals surface area contributed by atoms with Gasteiger partial charge in [0.2, 0.25) is 0 Å². The van der Waals surface area contributed by atoms with Gasteiger partial charge < -0.3 is 10.1 Å². The van der Waals surface area contributed by atoms with Crippen LogP contribution < -0.4 is 5.32 Å². The Morgan fingerprint density at radius 1 is 1.17 bits per heavy atom. The molecule has 0 saturated heterocycles. The molecule has 1 aromatic heterocycles. The van der Waals surface area contributed by atoms with E-state index < -0.39 is 0 Å². The van der Waals surface area contributed by atoms with E-state index in [0.717, 1.165) is 19.7 Å². The smallest absolute Gasteiger partial charge is 0.0750 e. The molecule has 0 aromatic carbocycles. The highest BCUT2D eigenvalue weighted by Gasteiger charge is 2.18. The van der Waals surface area contributed by atoms with Crippen molar-refractivity contribution in [3.05, 3.63) is 21.9 Å². The molecule has 0 radical (unpaired) electrons. The molecular formula is C15H27NOS. The molecule has 0 atom stereocenters. The van der Waals surface area contributed by atoms with Crippen molar-refractivity contribution < 1.29 is 4.74 Å². The molecule has 1 rings (SSSR count). The second-order valence-corrected chi connectivity index (χ2v) is 7.48. The molecule has 104 valence electrons. The first kappa shape index (κ1) is 15.7. The molecule has 0 fully saturated rings. The van der Waals surface area contributed by atoms with Crippen LogP contribution >= 0.6 is 11.3 Å². The van der Waals surface area contributed by atoms with E-state index in [9.17, 15) is 0 Å². The first-order valence-corrected chi connectivity index (χ1v) is 7.50. The van der Waals surface area contributed by atoms with Crippen molar-refractivity contribution in [3.63, 3.8) is 0 Å². The van der Waals surface area contributed by atoms with Crippen LogP contribution in [0.4, 0.5) is 0 Å².